The third kappa shape index (κ3) is 3.03. The summed E-state index contributed by atoms with van der Waals surface area (Å²) in [5, 5.41) is 11.1. The number of ether oxygens (including phenoxy) is 2. The number of hydrogen-bond donors (Lipinski definition) is 0. The molecule has 0 amide bonds. The van der Waals surface area contributed by atoms with Gasteiger partial charge in [-0.3, -0.25) is 10.1 Å². The van der Waals surface area contributed by atoms with E-state index in [1.54, 1.807) is 12.1 Å². The first-order valence-corrected chi connectivity index (χ1v) is 6.66. The lowest BCUT2D eigenvalue weighted by Crippen LogP contribution is -2.26. The van der Waals surface area contributed by atoms with Gasteiger partial charge in [-0.2, -0.15) is 0 Å². The van der Waals surface area contributed by atoms with Crippen LogP contribution in [0.4, 0.5) is 5.69 Å². The Hall–Kier alpha value is -2.41. The lowest BCUT2D eigenvalue weighted by atomic mass is 10.1. The summed E-state index contributed by atoms with van der Waals surface area (Å²) in [5.41, 5.74) is 1.20. The van der Waals surface area contributed by atoms with Crippen LogP contribution in [-0.2, 0) is 4.74 Å². The van der Waals surface area contributed by atoms with E-state index < -0.39 is 4.92 Å². The van der Waals surface area contributed by atoms with Gasteiger partial charge in [0.2, 0.25) is 0 Å². The number of furan rings is 1. The number of nitrogens with zero attached hydrogens (tertiary/aromatic N) is 2. The van der Waals surface area contributed by atoms with Crippen molar-refractivity contribution in [2.45, 2.75) is 18.9 Å². The van der Waals surface area contributed by atoms with Crippen LogP contribution < -0.4 is 4.74 Å². The normalized spacial score (nSPS) is 15.8. The van der Waals surface area contributed by atoms with Gasteiger partial charge in [0.1, 0.15) is 6.10 Å². The van der Waals surface area contributed by atoms with Gasteiger partial charge >= 0.3 is 5.69 Å². The molecule has 0 atom stereocenters. The SMILES string of the molecule is O=[N+]([O-])c1ccc(-c2ccoc2)nc1OC1CCOCC1. The van der Waals surface area contributed by atoms with E-state index in [4.69, 9.17) is 13.9 Å². The molecule has 0 N–H and O–H groups in total. The average Bonchev–Trinajstić information content (AvgIpc) is 3.02. The molecule has 0 spiro atoms. The van der Waals surface area contributed by atoms with Crippen molar-refractivity contribution in [2.24, 2.45) is 0 Å². The van der Waals surface area contributed by atoms with Crippen LogP contribution >= 0.6 is 0 Å². The van der Waals surface area contributed by atoms with Crippen molar-refractivity contribution in [3.63, 3.8) is 0 Å². The fraction of sp³-hybridized carbons (Fsp3) is 0.357. The summed E-state index contributed by atoms with van der Waals surface area (Å²) in [5.74, 6) is 0.0469. The third-order valence-corrected chi connectivity index (χ3v) is 3.30. The second-order valence-electron chi connectivity index (χ2n) is 4.72. The first-order chi connectivity index (χ1) is 10.2. The van der Waals surface area contributed by atoms with Crippen LogP contribution in [0.3, 0.4) is 0 Å². The molecule has 21 heavy (non-hydrogen) atoms. The number of aromatic nitrogens is 1. The molecule has 0 saturated carbocycles. The minimum Gasteiger partial charge on any atom is -0.472 e. The van der Waals surface area contributed by atoms with E-state index in [2.05, 4.69) is 4.98 Å². The quantitative estimate of drug-likeness (QED) is 0.635. The lowest BCUT2D eigenvalue weighted by Gasteiger charge is -2.22. The standard InChI is InChI=1S/C14H14N2O5/c17-16(18)13-2-1-12(10-3-6-20-9-10)15-14(13)21-11-4-7-19-8-5-11/h1-3,6,9,11H,4-5,7-8H2. The van der Waals surface area contributed by atoms with Gasteiger partial charge in [-0.25, -0.2) is 4.98 Å². The fourth-order valence-corrected chi connectivity index (χ4v) is 2.18. The molecule has 3 heterocycles. The predicted molar refractivity (Wildman–Crippen MR) is 73.1 cm³/mol. The zero-order chi connectivity index (χ0) is 14.7. The maximum Gasteiger partial charge on any atom is 0.331 e. The van der Waals surface area contributed by atoms with Crippen molar-refractivity contribution >= 4 is 5.69 Å². The van der Waals surface area contributed by atoms with Crippen LogP contribution in [0.15, 0.2) is 35.1 Å². The molecule has 1 aliphatic rings. The van der Waals surface area contributed by atoms with Gasteiger partial charge in [-0.1, -0.05) is 0 Å². The highest BCUT2D eigenvalue weighted by atomic mass is 16.6. The fourth-order valence-electron chi connectivity index (χ4n) is 2.18. The Morgan fingerprint density at radius 2 is 2.10 bits per heavy atom. The van der Waals surface area contributed by atoms with E-state index in [9.17, 15) is 10.1 Å². The second-order valence-corrected chi connectivity index (χ2v) is 4.72. The van der Waals surface area contributed by atoms with Gasteiger partial charge in [0.15, 0.2) is 0 Å². The van der Waals surface area contributed by atoms with E-state index in [-0.39, 0.29) is 17.7 Å². The van der Waals surface area contributed by atoms with Crippen LogP contribution in [-0.4, -0.2) is 29.2 Å². The van der Waals surface area contributed by atoms with Crippen molar-refractivity contribution in [2.75, 3.05) is 13.2 Å². The zero-order valence-corrected chi connectivity index (χ0v) is 11.2. The summed E-state index contributed by atoms with van der Waals surface area (Å²) >= 11 is 0. The molecule has 1 saturated heterocycles. The molecule has 0 aliphatic carbocycles. The van der Waals surface area contributed by atoms with Gasteiger partial charge in [0, 0.05) is 24.5 Å². The van der Waals surface area contributed by atoms with Crippen LogP contribution in [0.2, 0.25) is 0 Å². The number of hydrogen-bond acceptors (Lipinski definition) is 6. The molecule has 7 heteroatoms. The van der Waals surface area contributed by atoms with Gasteiger partial charge in [0.05, 0.1) is 36.4 Å². The Balaban J connectivity index is 1.90. The maximum atomic E-state index is 11.1. The van der Waals surface area contributed by atoms with Crippen LogP contribution in [0.5, 0.6) is 5.88 Å². The minimum atomic E-state index is -0.485. The van der Waals surface area contributed by atoms with Crippen LogP contribution in [0.1, 0.15) is 12.8 Å². The maximum absolute atomic E-state index is 11.1. The van der Waals surface area contributed by atoms with Gasteiger partial charge in [-0.15, -0.1) is 0 Å². The molecule has 2 aromatic rings. The van der Waals surface area contributed by atoms with E-state index in [0.29, 0.717) is 31.7 Å². The Labute approximate surface area is 120 Å². The molecule has 0 bridgehead atoms. The summed E-state index contributed by atoms with van der Waals surface area (Å²) in [6.07, 6.45) is 4.36. The first kappa shape index (κ1) is 13.6. The molecule has 1 fully saturated rings. The van der Waals surface area contributed by atoms with E-state index in [1.165, 1.54) is 18.6 Å². The summed E-state index contributed by atoms with van der Waals surface area (Å²) in [6.45, 7) is 1.19. The first-order valence-electron chi connectivity index (χ1n) is 6.66. The van der Waals surface area contributed by atoms with Crippen molar-refractivity contribution in [3.8, 4) is 17.1 Å². The number of pyridine rings is 1. The van der Waals surface area contributed by atoms with Crippen LogP contribution in [0, 0.1) is 10.1 Å². The van der Waals surface area contributed by atoms with Gasteiger partial charge in [0.25, 0.3) is 5.88 Å². The largest absolute Gasteiger partial charge is 0.472 e. The molecular weight excluding hydrogens is 276 g/mol. The van der Waals surface area contributed by atoms with E-state index in [1.807, 2.05) is 0 Å². The highest BCUT2D eigenvalue weighted by molar-refractivity contribution is 5.60. The van der Waals surface area contributed by atoms with Crippen molar-refractivity contribution < 1.29 is 18.8 Å². The summed E-state index contributed by atoms with van der Waals surface area (Å²) in [4.78, 5) is 14.9. The summed E-state index contributed by atoms with van der Waals surface area (Å²) < 4.78 is 16.0. The van der Waals surface area contributed by atoms with Crippen molar-refractivity contribution in [3.05, 3.63) is 40.8 Å². The van der Waals surface area contributed by atoms with Crippen LogP contribution in [0.25, 0.3) is 11.3 Å². The molecule has 0 radical (unpaired) electrons. The van der Waals surface area contributed by atoms with Crippen molar-refractivity contribution in [1.29, 1.82) is 0 Å². The molecular formula is C14H14N2O5. The summed E-state index contributed by atoms with van der Waals surface area (Å²) in [7, 11) is 0. The van der Waals surface area contributed by atoms with E-state index >= 15 is 0 Å². The van der Waals surface area contributed by atoms with Crippen molar-refractivity contribution in [1.82, 2.24) is 4.98 Å². The molecule has 7 nitrogen and oxygen atoms in total. The Kier molecular flexibility index (Phi) is 3.83. The monoisotopic (exact) mass is 290 g/mol. The molecule has 0 unspecified atom stereocenters. The zero-order valence-electron chi connectivity index (χ0n) is 11.2. The molecule has 3 rings (SSSR count). The van der Waals surface area contributed by atoms with Gasteiger partial charge < -0.3 is 13.9 Å². The number of nitro groups is 1. The third-order valence-electron chi connectivity index (χ3n) is 3.30. The molecule has 110 valence electrons. The predicted octanol–water partition coefficient (Wildman–Crippen LogP) is 2.81. The smallest absolute Gasteiger partial charge is 0.331 e. The highest BCUT2D eigenvalue weighted by Crippen LogP contribution is 2.30. The Morgan fingerprint density at radius 1 is 1.29 bits per heavy atom. The van der Waals surface area contributed by atoms with E-state index in [0.717, 1.165) is 5.56 Å². The molecule has 2 aromatic heterocycles. The Morgan fingerprint density at radius 3 is 2.76 bits per heavy atom. The molecule has 0 aromatic carbocycles. The lowest BCUT2D eigenvalue weighted by molar-refractivity contribution is -0.386. The average molecular weight is 290 g/mol. The topological polar surface area (TPSA) is 87.6 Å². The highest BCUT2D eigenvalue weighted by Gasteiger charge is 2.23. The minimum absolute atomic E-state index is 0.0469. The molecule has 1 aliphatic heterocycles. The Bertz CT molecular complexity index is 620. The van der Waals surface area contributed by atoms with Gasteiger partial charge in [-0.05, 0) is 12.1 Å². The summed E-state index contributed by atoms with van der Waals surface area (Å²) in [6, 6.07) is 4.73. The number of rotatable bonds is 4. The second kappa shape index (κ2) is 5.92.